The molecule has 1 aliphatic heterocycles. The molecule has 9 heteroatoms. The number of sulfonamides is 1. The van der Waals surface area contributed by atoms with Crippen molar-refractivity contribution in [2.75, 3.05) is 6.54 Å². The first-order valence-corrected chi connectivity index (χ1v) is 9.77. The van der Waals surface area contributed by atoms with E-state index in [1.807, 2.05) is 11.6 Å². The first kappa shape index (κ1) is 16.2. The van der Waals surface area contributed by atoms with Crippen molar-refractivity contribution in [2.45, 2.75) is 43.2 Å². The Hall–Kier alpha value is -2.26. The Bertz CT molecular complexity index is 931. The lowest BCUT2D eigenvalue weighted by atomic mass is 10.1. The fourth-order valence-electron chi connectivity index (χ4n) is 3.13. The Kier molecular flexibility index (Phi) is 3.66. The van der Waals surface area contributed by atoms with Crippen LogP contribution in [0.5, 0.6) is 0 Å². The molecular weight excluding hydrogens is 342 g/mol. The van der Waals surface area contributed by atoms with Crippen LogP contribution in [-0.4, -0.2) is 40.5 Å². The van der Waals surface area contributed by atoms with Crippen molar-refractivity contribution in [1.29, 1.82) is 0 Å². The summed E-state index contributed by atoms with van der Waals surface area (Å²) in [5.74, 6) is 2.01. The second kappa shape index (κ2) is 5.63. The Morgan fingerprint density at radius 2 is 1.88 bits per heavy atom. The molecule has 2 heterocycles. The number of nitrogens with two attached hydrogens (primary N) is 1. The molecule has 0 unspecified atom stereocenters. The highest BCUT2D eigenvalue weighted by atomic mass is 32.2. The summed E-state index contributed by atoms with van der Waals surface area (Å²) in [4.78, 5) is 19.2. The van der Waals surface area contributed by atoms with Crippen LogP contribution in [0.4, 0.5) is 0 Å². The van der Waals surface area contributed by atoms with Gasteiger partial charge < -0.3 is 4.90 Å². The molecule has 0 spiro atoms. The summed E-state index contributed by atoms with van der Waals surface area (Å²) in [5.41, 5.74) is 0.426. The molecule has 4 rings (SSSR count). The molecule has 1 aromatic heterocycles. The van der Waals surface area contributed by atoms with Gasteiger partial charge in [0.2, 0.25) is 10.0 Å². The van der Waals surface area contributed by atoms with Crippen LogP contribution >= 0.6 is 0 Å². The minimum atomic E-state index is -3.77. The number of rotatable bonds is 3. The van der Waals surface area contributed by atoms with Gasteiger partial charge in [0.1, 0.15) is 5.82 Å². The van der Waals surface area contributed by atoms with E-state index in [2.05, 4.69) is 10.1 Å². The topological polar surface area (TPSA) is 111 Å². The number of nitrogens with zero attached hydrogens (tertiary/aromatic N) is 4. The Labute approximate surface area is 145 Å². The average molecular weight is 361 g/mol. The van der Waals surface area contributed by atoms with Gasteiger partial charge in [-0.3, -0.25) is 4.79 Å². The number of primary sulfonamides is 1. The molecule has 0 bridgehead atoms. The fraction of sp³-hybridized carbons (Fsp3) is 0.438. The lowest BCUT2D eigenvalue weighted by molar-refractivity contribution is 0.0630. The molecule has 1 aliphatic carbocycles. The van der Waals surface area contributed by atoms with Crippen LogP contribution in [0.25, 0.3) is 0 Å². The van der Waals surface area contributed by atoms with Crippen LogP contribution in [0.3, 0.4) is 0 Å². The van der Waals surface area contributed by atoms with Gasteiger partial charge in [0.15, 0.2) is 5.82 Å². The first-order valence-electron chi connectivity index (χ1n) is 8.23. The summed E-state index contributed by atoms with van der Waals surface area (Å²) in [7, 11) is -3.77. The molecule has 2 N–H and O–H groups in total. The number of aromatic nitrogens is 3. The fourth-order valence-corrected chi connectivity index (χ4v) is 3.64. The molecule has 2 aliphatic rings. The zero-order valence-electron chi connectivity index (χ0n) is 13.8. The summed E-state index contributed by atoms with van der Waals surface area (Å²) in [5, 5.41) is 9.65. The molecule has 0 radical (unpaired) electrons. The quantitative estimate of drug-likeness (QED) is 0.877. The summed E-state index contributed by atoms with van der Waals surface area (Å²) in [6.07, 6.45) is 2.27. The molecule has 1 amide bonds. The third-order valence-electron chi connectivity index (χ3n) is 4.74. The van der Waals surface area contributed by atoms with Crippen molar-refractivity contribution in [2.24, 2.45) is 5.14 Å². The van der Waals surface area contributed by atoms with E-state index in [-0.39, 0.29) is 16.8 Å². The highest BCUT2D eigenvalue weighted by molar-refractivity contribution is 7.89. The van der Waals surface area contributed by atoms with E-state index in [9.17, 15) is 13.2 Å². The molecule has 1 aromatic carbocycles. The maximum Gasteiger partial charge on any atom is 0.254 e. The number of hydrogen-bond acceptors (Lipinski definition) is 5. The summed E-state index contributed by atoms with van der Waals surface area (Å²) in [6, 6.07) is 5.50. The molecule has 1 saturated carbocycles. The van der Waals surface area contributed by atoms with Gasteiger partial charge in [-0.15, -0.1) is 0 Å². The van der Waals surface area contributed by atoms with Crippen LogP contribution in [0.1, 0.15) is 53.7 Å². The van der Waals surface area contributed by atoms with E-state index in [1.165, 1.54) is 24.3 Å². The lowest BCUT2D eigenvalue weighted by Crippen LogP contribution is -2.41. The Morgan fingerprint density at radius 3 is 2.48 bits per heavy atom. The number of fused-ring (bicyclic) bond motifs is 1. The predicted molar refractivity (Wildman–Crippen MR) is 89.3 cm³/mol. The van der Waals surface area contributed by atoms with Gasteiger partial charge in [-0.25, -0.2) is 23.2 Å². The molecule has 1 atom stereocenters. The molecule has 1 fully saturated rings. The minimum absolute atomic E-state index is 0.00967. The van der Waals surface area contributed by atoms with Crippen LogP contribution in [-0.2, 0) is 16.6 Å². The number of benzene rings is 1. The maximum atomic E-state index is 12.8. The van der Waals surface area contributed by atoms with Gasteiger partial charge in [-0.1, -0.05) is 0 Å². The van der Waals surface area contributed by atoms with Crippen LogP contribution in [0, 0.1) is 0 Å². The molecule has 25 heavy (non-hydrogen) atoms. The molecular formula is C16H19N5O3S. The van der Waals surface area contributed by atoms with E-state index in [1.54, 1.807) is 4.90 Å². The van der Waals surface area contributed by atoms with E-state index in [4.69, 9.17) is 5.14 Å². The summed E-state index contributed by atoms with van der Waals surface area (Å²) >= 11 is 0. The first-order chi connectivity index (χ1) is 11.8. The highest BCUT2D eigenvalue weighted by Crippen LogP contribution is 2.39. The summed E-state index contributed by atoms with van der Waals surface area (Å²) in [6.45, 7) is 3.09. The number of carbonyl (C=O) groups is 1. The average Bonchev–Trinajstić information content (AvgIpc) is 3.33. The Morgan fingerprint density at radius 1 is 1.20 bits per heavy atom. The molecule has 2 aromatic rings. The second-order valence-electron chi connectivity index (χ2n) is 6.57. The van der Waals surface area contributed by atoms with Crippen LogP contribution < -0.4 is 5.14 Å². The van der Waals surface area contributed by atoms with E-state index < -0.39 is 10.0 Å². The van der Waals surface area contributed by atoms with Crippen LogP contribution in [0.2, 0.25) is 0 Å². The highest BCUT2D eigenvalue weighted by Gasteiger charge is 2.34. The van der Waals surface area contributed by atoms with E-state index >= 15 is 0 Å². The monoisotopic (exact) mass is 361 g/mol. The third kappa shape index (κ3) is 2.93. The maximum absolute atomic E-state index is 12.8. The molecule has 132 valence electrons. The van der Waals surface area contributed by atoms with Gasteiger partial charge in [-0.2, -0.15) is 5.10 Å². The zero-order valence-corrected chi connectivity index (χ0v) is 14.6. The van der Waals surface area contributed by atoms with Crippen LogP contribution in [0.15, 0.2) is 29.2 Å². The standard InChI is InChI=1S/C16H19N5O3S/c1-10-15-18-14(11-2-3-11)19-21(15)9-8-20(10)16(22)12-4-6-13(7-5-12)25(17,23)24/h4-7,10-11H,2-3,8-9H2,1H3,(H2,17,23,24)/t10-/m1/s1. The predicted octanol–water partition coefficient (Wildman–Crippen LogP) is 1.02. The van der Waals surface area contributed by atoms with Crippen molar-refractivity contribution in [3.8, 4) is 0 Å². The normalized spacial score (nSPS) is 20.4. The van der Waals surface area contributed by atoms with E-state index in [0.29, 0.717) is 24.6 Å². The smallest absolute Gasteiger partial charge is 0.254 e. The largest absolute Gasteiger partial charge is 0.327 e. The molecule has 8 nitrogen and oxygen atoms in total. The zero-order chi connectivity index (χ0) is 17.8. The lowest BCUT2D eigenvalue weighted by Gasteiger charge is -2.33. The van der Waals surface area contributed by atoms with Crippen molar-refractivity contribution < 1.29 is 13.2 Å². The van der Waals surface area contributed by atoms with Gasteiger partial charge in [0.05, 0.1) is 17.5 Å². The number of carbonyl (C=O) groups excluding carboxylic acids is 1. The van der Waals surface area contributed by atoms with Gasteiger partial charge in [-0.05, 0) is 44.0 Å². The van der Waals surface area contributed by atoms with Crippen molar-refractivity contribution >= 4 is 15.9 Å². The van der Waals surface area contributed by atoms with Crippen molar-refractivity contribution in [1.82, 2.24) is 19.7 Å². The second-order valence-corrected chi connectivity index (χ2v) is 8.13. The number of hydrogen-bond donors (Lipinski definition) is 1. The van der Waals surface area contributed by atoms with Crippen molar-refractivity contribution in [3.05, 3.63) is 41.5 Å². The van der Waals surface area contributed by atoms with Crippen molar-refractivity contribution in [3.63, 3.8) is 0 Å². The minimum Gasteiger partial charge on any atom is -0.327 e. The number of amides is 1. The molecule has 0 saturated heterocycles. The SMILES string of the molecule is C[C@@H]1c2nc(C3CC3)nn2CCN1C(=O)c1ccc(S(N)(=O)=O)cc1. The Balaban J connectivity index is 1.58. The van der Waals surface area contributed by atoms with Gasteiger partial charge >= 0.3 is 0 Å². The van der Waals surface area contributed by atoms with E-state index in [0.717, 1.165) is 24.5 Å². The van der Waals surface area contributed by atoms with Gasteiger partial charge in [0, 0.05) is 18.0 Å². The third-order valence-corrected chi connectivity index (χ3v) is 5.67. The summed E-state index contributed by atoms with van der Waals surface area (Å²) < 4.78 is 24.6. The van der Waals surface area contributed by atoms with Gasteiger partial charge in [0.25, 0.3) is 5.91 Å².